The summed E-state index contributed by atoms with van der Waals surface area (Å²) < 4.78 is 12.2. The molecule has 0 aliphatic heterocycles. The van der Waals surface area contributed by atoms with Gasteiger partial charge < -0.3 is 14.8 Å². The number of anilines is 1. The number of halogens is 1. The number of aryl methyl sites for hydroxylation is 2. The van der Waals surface area contributed by atoms with Crippen LogP contribution < -0.4 is 14.8 Å². The van der Waals surface area contributed by atoms with Crippen molar-refractivity contribution in [3.63, 3.8) is 0 Å². The van der Waals surface area contributed by atoms with Gasteiger partial charge in [0.2, 0.25) is 0 Å². The monoisotopic (exact) mass is 452 g/mol. The van der Waals surface area contributed by atoms with Gasteiger partial charge in [-0.05, 0) is 67.4 Å². The van der Waals surface area contributed by atoms with Crippen LogP contribution in [0.1, 0.15) is 11.1 Å². The Morgan fingerprint density at radius 3 is 2.55 bits per heavy atom. The smallest absolute Gasteiger partial charge is 0.262 e. The van der Waals surface area contributed by atoms with Gasteiger partial charge in [-0.15, -0.1) is 11.3 Å². The van der Waals surface area contributed by atoms with Crippen molar-refractivity contribution in [1.29, 1.82) is 0 Å². The zero-order chi connectivity index (χ0) is 22.0. The Morgan fingerprint density at radius 1 is 1.10 bits per heavy atom. The minimum Gasteiger partial charge on any atom is -0.495 e. The first kappa shape index (κ1) is 21.2. The van der Waals surface area contributed by atoms with Crippen molar-refractivity contribution >= 4 is 44.7 Å². The van der Waals surface area contributed by atoms with E-state index < -0.39 is 0 Å². The van der Waals surface area contributed by atoms with Crippen molar-refractivity contribution in [1.82, 2.24) is 4.98 Å². The lowest BCUT2D eigenvalue weighted by Gasteiger charge is -2.13. The summed E-state index contributed by atoms with van der Waals surface area (Å²) >= 11 is 7.79. The van der Waals surface area contributed by atoms with Crippen molar-refractivity contribution in [2.75, 3.05) is 19.0 Å². The first-order valence-corrected chi connectivity index (χ1v) is 10.9. The van der Waals surface area contributed by atoms with Crippen LogP contribution in [0.4, 0.5) is 5.69 Å². The third-order valence-electron chi connectivity index (χ3n) is 4.79. The highest BCUT2D eigenvalue weighted by atomic mass is 35.5. The maximum absolute atomic E-state index is 12.5. The first-order chi connectivity index (χ1) is 14.9. The Balaban J connectivity index is 1.51. The van der Waals surface area contributed by atoms with Gasteiger partial charge >= 0.3 is 0 Å². The molecule has 1 heterocycles. The number of benzene rings is 3. The second-order valence-electron chi connectivity index (χ2n) is 7.11. The molecule has 1 aromatic heterocycles. The number of para-hydroxylation sites is 1. The molecule has 4 aromatic rings. The van der Waals surface area contributed by atoms with Crippen LogP contribution in [0.3, 0.4) is 0 Å². The van der Waals surface area contributed by atoms with E-state index in [1.54, 1.807) is 18.4 Å². The van der Waals surface area contributed by atoms with E-state index in [2.05, 4.69) is 10.3 Å². The topological polar surface area (TPSA) is 60.5 Å². The van der Waals surface area contributed by atoms with Gasteiger partial charge in [0.05, 0.1) is 23.0 Å². The predicted octanol–water partition coefficient (Wildman–Crippen LogP) is 6.26. The molecular formula is C24H21ClN2O3S. The number of hydrogen-bond donors (Lipinski definition) is 1. The number of amides is 1. The van der Waals surface area contributed by atoms with Gasteiger partial charge in [0.1, 0.15) is 16.5 Å². The number of carbonyl (C=O) groups excluding carboxylic acids is 1. The number of thiazole rings is 1. The summed E-state index contributed by atoms with van der Waals surface area (Å²) in [5, 5.41) is 4.46. The maximum atomic E-state index is 12.5. The van der Waals surface area contributed by atoms with E-state index >= 15 is 0 Å². The molecule has 158 valence electrons. The molecule has 5 nitrogen and oxygen atoms in total. The molecular weight excluding hydrogens is 432 g/mol. The molecule has 0 fully saturated rings. The molecule has 0 bridgehead atoms. The average molecular weight is 453 g/mol. The number of aromatic nitrogens is 1. The summed E-state index contributed by atoms with van der Waals surface area (Å²) in [7, 11) is 1.57. The highest BCUT2D eigenvalue weighted by Gasteiger charge is 2.13. The van der Waals surface area contributed by atoms with Gasteiger partial charge in [0.25, 0.3) is 5.91 Å². The van der Waals surface area contributed by atoms with E-state index in [0.29, 0.717) is 22.2 Å². The molecule has 0 radical (unpaired) electrons. The lowest BCUT2D eigenvalue weighted by Crippen LogP contribution is -2.20. The van der Waals surface area contributed by atoms with Gasteiger partial charge in [-0.1, -0.05) is 23.7 Å². The van der Waals surface area contributed by atoms with Crippen molar-refractivity contribution < 1.29 is 14.3 Å². The third kappa shape index (κ3) is 4.65. The number of hydrogen-bond acceptors (Lipinski definition) is 5. The number of rotatable bonds is 6. The molecule has 7 heteroatoms. The summed E-state index contributed by atoms with van der Waals surface area (Å²) in [5.74, 6) is 0.881. The van der Waals surface area contributed by atoms with Crippen molar-refractivity contribution in [2.24, 2.45) is 0 Å². The van der Waals surface area contributed by atoms with E-state index in [1.165, 1.54) is 0 Å². The van der Waals surface area contributed by atoms with Gasteiger partial charge in [-0.3, -0.25) is 4.79 Å². The van der Waals surface area contributed by atoms with Crippen molar-refractivity contribution in [2.45, 2.75) is 13.8 Å². The van der Waals surface area contributed by atoms with Crippen LogP contribution in [0.5, 0.6) is 11.5 Å². The van der Waals surface area contributed by atoms with E-state index in [0.717, 1.165) is 31.9 Å². The zero-order valence-corrected chi connectivity index (χ0v) is 18.9. The fourth-order valence-corrected chi connectivity index (χ4v) is 4.33. The Labute approximate surface area is 189 Å². The van der Waals surface area contributed by atoms with Crippen LogP contribution in [0.15, 0.2) is 54.6 Å². The molecule has 4 rings (SSSR count). The second-order valence-corrected chi connectivity index (χ2v) is 8.52. The molecule has 0 aliphatic carbocycles. The van der Waals surface area contributed by atoms with Crippen molar-refractivity contribution in [3.05, 3.63) is 70.7 Å². The summed E-state index contributed by atoms with van der Waals surface area (Å²) in [4.78, 5) is 17.2. The van der Waals surface area contributed by atoms with Gasteiger partial charge in [0, 0.05) is 10.6 Å². The number of carbonyl (C=O) groups is 1. The second kappa shape index (κ2) is 8.96. The van der Waals surface area contributed by atoms with Crippen LogP contribution in [0.2, 0.25) is 5.02 Å². The quantitative estimate of drug-likeness (QED) is 0.375. The van der Waals surface area contributed by atoms with E-state index in [9.17, 15) is 4.79 Å². The number of nitrogens with one attached hydrogen (secondary N) is 1. The largest absolute Gasteiger partial charge is 0.495 e. The molecule has 0 spiro atoms. The van der Waals surface area contributed by atoms with Crippen LogP contribution in [0, 0.1) is 13.8 Å². The molecule has 0 unspecified atom stereocenters. The molecule has 3 aromatic carbocycles. The van der Waals surface area contributed by atoms with Crippen LogP contribution in [-0.4, -0.2) is 24.6 Å². The molecule has 1 amide bonds. The molecule has 1 N–H and O–H groups in total. The fourth-order valence-electron chi connectivity index (χ4n) is 3.26. The number of methoxy groups -OCH3 is 1. The van der Waals surface area contributed by atoms with Gasteiger partial charge in [-0.25, -0.2) is 4.98 Å². The lowest BCUT2D eigenvalue weighted by molar-refractivity contribution is -0.118. The van der Waals surface area contributed by atoms with E-state index in [1.807, 2.05) is 68.4 Å². The molecule has 0 atom stereocenters. The van der Waals surface area contributed by atoms with Gasteiger partial charge in [-0.2, -0.15) is 0 Å². The molecule has 0 saturated heterocycles. The van der Waals surface area contributed by atoms with E-state index in [-0.39, 0.29) is 12.5 Å². The predicted molar refractivity (Wildman–Crippen MR) is 127 cm³/mol. The Bertz CT molecular complexity index is 1210. The molecule has 0 aliphatic rings. The standard InChI is InChI=1S/C24H21ClN2O3S/c1-14-10-17(11-15(2)23(14)25)30-13-22(28)26-19-12-16(8-9-20(19)29-3)24-27-18-6-4-5-7-21(18)31-24/h4-12H,13H2,1-3H3,(H,26,28). The number of fused-ring (bicyclic) bond motifs is 1. The van der Waals surface area contributed by atoms with Crippen LogP contribution in [-0.2, 0) is 4.79 Å². The Hall–Kier alpha value is -3.09. The summed E-state index contributed by atoms with van der Waals surface area (Å²) in [6, 6.07) is 17.2. The lowest BCUT2D eigenvalue weighted by atomic mass is 10.1. The summed E-state index contributed by atoms with van der Waals surface area (Å²) in [6.45, 7) is 3.68. The van der Waals surface area contributed by atoms with Crippen LogP contribution in [0.25, 0.3) is 20.8 Å². The zero-order valence-electron chi connectivity index (χ0n) is 17.4. The van der Waals surface area contributed by atoms with Crippen LogP contribution >= 0.6 is 22.9 Å². The fraction of sp³-hybridized carbons (Fsp3) is 0.167. The Kier molecular flexibility index (Phi) is 6.11. The number of nitrogens with zero attached hydrogens (tertiary/aromatic N) is 1. The summed E-state index contributed by atoms with van der Waals surface area (Å²) in [6.07, 6.45) is 0. The first-order valence-electron chi connectivity index (χ1n) is 9.68. The summed E-state index contributed by atoms with van der Waals surface area (Å²) in [5.41, 5.74) is 4.23. The molecule has 0 saturated carbocycles. The normalized spacial score (nSPS) is 10.8. The molecule has 31 heavy (non-hydrogen) atoms. The maximum Gasteiger partial charge on any atom is 0.262 e. The van der Waals surface area contributed by atoms with Crippen molar-refractivity contribution in [3.8, 4) is 22.1 Å². The van der Waals surface area contributed by atoms with E-state index in [4.69, 9.17) is 21.1 Å². The SMILES string of the molecule is COc1ccc(-c2nc3ccccc3s2)cc1NC(=O)COc1cc(C)c(Cl)c(C)c1. The van der Waals surface area contributed by atoms with Gasteiger partial charge in [0.15, 0.2) is 6.61 Å². The third-order valence-corrected chi connectivity index (χ3v) is 6.48. The Morgan fingerprint density at radius 2 is 1.84 bits per heavy atom. The highest BCUT2D eigenvalue weighted by molar-refractivity contribution is 7.21. The minimum atomic E-state index is -0.287. The number of ether oxygens (including phenoxy) is 2. The average Bonchev–Trinajstić information content (AvgIpc) is 3.20. The highest BCUT2D eigenvalue weighted by Crippen LogP contribution is 2.35. The minimum absolute atomic E-state index is 0.130.